The van der Waals surface area contributed by atoms with Gasteiger partial charge in [0.25, 0.3) is 5.91 Å². The van der Waals surface area contributed by atoms with Gasteiger partial charge in [-0.25, -0.2) is 22.5 Å². The minimum absolute atomic E-state index is 0.0842. The molecule has 3 aromatic rings. The Kier molecular flexibility index (Phi) is 6.67. The fraction of sp³-hybridized carbons (Fsp3) is 0.217. The molecule has 1 atom stereocenters. The van der Waals surface area contributed by atoms with Crippen LogP contribution in [0.15, 0.2) is 36.5 Å². The van der Waals surface area contributed by atoms with Crippen LogP contribution >= 0.6 is 0 Å². The summed E-state index contributed by atoms with van der Waals surface area (Å²) in [7, 11) is 0. The lowest BCUT2D eigenvalue weighted by Gasteiger charge is -2.16. The molecule has 0 bridgehead atoms. The molecule has 178 valence electrons. The minimum atomic E-state index is -1.61. The Morgan fingerprint density at radius 2 is 1.85 bits per heavy atom. The van der Waals surface area contributed by atoms with E-state index in [0.29, 0.717) is 5.92 Å². The smallest absolute Gasteiger partial charge is 0.250 e. The van der Waals surface area contributed by atoms with Crippen molar-refractivity contribution in [2.45, 2.75) is 25.2 Å². The summed E-state index contributed by atoms with van der Waals surface area (Å²) >= 11 is -1.61. The van der Waals surface area contributed by atoms with Crippen molar-refractivity contribution in [3.8, 4) is 0 Å². The number of rotatable bonds is 8. The molecule has 1 unspecified atom stereocenters. The maximum Gasteiger partial charge on any atom is 0.250 e. The van der Waals surface area contributed by atoms with Gasteiger partial charge in [0.15, 0.2) is 17.5 Å². The van der Waals surface area contributed by atoms with E-state index in [2.05, 4.69) is 15.0 Å². The fourth-order valence-electron chi connectivity index (χ4n) is 3.59. The zero-order valence-electron chi connectivity index (χ0n) is 17.9. The van der Waals surface area contributed by atoms with Gasteiger partial charge in [0.05, 0.1) is 28.3 Å². The summed E-state index contributed by atoms with van der Waals surface area (Å²) in [5.74, 6) is -5.52. The molecule has 11 heteroatoms. The van der Waals surface area contributed by atoms with Crippen molar-refractivity contribution in [1.29, 1.82) is 0 Å². The molecule has 2 aromatic carbocycles. The van der Waals surface area contributed by atoms with Crippen LogP contribution in [0.3, 0.4) is 0 Å². The van der Waals surface area contributed by atoms with Crippen molar-refractivity contribution in [3.05, 3.63) is 82.1 Å². The third kappa shape index (κ3) is 4.95. The van der Waals surface area contributed by atoms with Gasteiger partial charge in [0.1, 0.15) is 12.1 Å². The Labute approximate surface area is 195 Å². The molecular weight excluding hydrogens is 472 g/mol. The number of nitrogens with two attached hydrogens (primary N) is 1. The summed E-state index contributed by atoms with van der Waals surface area (Å²) in [6.07, 6.45) is 3.96. The van der Waals surface area contributed by atoms with Crippen molar-refractivity contribution < 1.29 is 26.9 Å². The Hall–Kier alpha value is -3.31. The largest absolute Gasteiger partial charge is 0.593 e. The second-order valence-electron chi connectivity index (χ2n) is 7.95. The normalized spacial score (nSPS) is 14.1. The molecule has 34 heavy (non-hydrogen) atoms. The summed E-state index contributed by atoms with van der Waals surface area (Å²) in [5, 5.41) is 2.43. The first kappa shape index (κ1) is 23.8. The Morgan fingerprint density at radius 3 is 2.47 bits per heavy atom. The van der Waals surface area contributed by atoms with Gasteiger partial charge in [0.2, 0.25) is 5.82 Å². The molecule has 4 N–H and O–H groups in total. The van der Waals surface area contributed by atoms with Crippen molar-refractivity contribution in [3.63, 3.8) is 0 Å². The maximum atomic E-state index is 15.0. The molecule has 0 aliphatic heterocycles. The van der Waals surface area contributed by atoms with Gasteiger partial charge in [-0.05, 0) is 59.7 Å². The van der Waals surface area contributed by atoms with E-state index in [0.717, 1.165) is 24.5 Å². The zero-order valence-corrected chi connectivity index (χ0v) is 18.7. The van der Waals surface area contributed by atoms with Crippen LogP contribution in [0.2, 0.25) is 0 Å². The molecule has 4 rings (SSSR count). The highest BCUT2D eigenvalue weighted by molar-refractivity contribution is 7.92. The first-order valence-corrected chi connectivity index (χ1v) is 11.8. The highest BCUT2D eigenvalue weighted by Gasteiger charge is 2.26. The lowest BCUT2D eigenvalue weighted by molar-refractivity contribution is 0.100. The third-order valence-corrected chi connectivity index (χ3v) is 5.92. The lowest BCUT2D eigenvalue weighted by atomic mass is 9.99. The number of pyridine rings is 1. The monoisotopic (exact) mass is 492 g/mol. The number of anilines is 3. The highest BCUT2D eigenvalue weighted by atomic mass is 32.2. The predicted octanol–water partition coefficient (Wildman–Crippen LogP) is 4.65. The standard InChI is InChI=1S/C23H20F4N4O2S/c1-34(33)31-23-19(26)13(6-7-29-23)8-14-9-15(22(28)32)21(20(27)18(14)25)30-17-5-4-12(10-16(17)24)11-2-3-11/h4-7,9-11,30H,2-3,8H2,1H3,(H2,28,32)(H,29,31). The molecule has 0 saturated heterocycles. The summed E-state index contributed by atoms with van der Waals surface area (Å²) in [4.78, 5) is 15.8. The summed E-state index contributed by atoms with van der Waals surface area (Å²) < 4.78 is 72.9. The average molecular weight is 492 g/mol. The number of benzene rings is 2. The molecule has 1 aliphatic rings. The summed E-state index contributed by atoms with van der Waals surface area (Å²) in [6.45, 7) is 0. The Morgan fingerprint density at radius 1 is 1.12 bits per heavy atom. The molecular formula is C23H20F4N4O2S. The number of halogens is 4. The van der Waals surface area contributed by atoms with Crippen LogP contribution in [0.1, 0.15) is 45.8 Å². The molecule has 0 radical (unpaired) electrons. The second kappa shape index (κ2) is 9.51. The Balaban J connectivity index is 1.69. The molecule has 1 fully saturated rings. The van der Waals surface area contributed by atoms with E-state index in [1.165, 1.54) is 30.7 Å². The van der Waals surface area contributed by atoms with Crippen LogP contribution in [0, 0.1) is 23.3 Å². The molecule has 1 aromatic heterocycles. The SMILES string of the molecule is C[S+]([O-])Nc1nccc(Cc2cc(C(N)=O)c(Nc3ccc(C4CC4)cc3F)c(F)c2F)c1F. The third-order valence-electron chi connectivity index (χ3n) is 5.44. The molecule has 6 nitrogen and oxygen atoms in total. The Bertz CT molecular complexity index is 1270. The van der Waals surface area contributed by atoms with Crippen molar-refractivity contribution in [2.75, 3.05) is 16.3 Å². The van der Waals surface area contributed by atoms with E-state index < -0.39 is 58.2 Å². The zero-order chi connectivity index (χ0) is 24.6. The lowest BCUT2D eigenvalue weighted by Crippen LogP contribution is -2.17. The highest BCUT2D eigenvalue weighted by Crippen LogP contribution is 2.41. The quantitative estimate of drug-likeness (QED) is 0.314. The van der Waals surface area contributed by atoms with Gasteiger partial charge in [-0.15, -0.1) is 0 Å². The molecule has 1 aliphatic carbocycles. The molecule has 0 spiro atoms. The van der Waals surface area contributed by atoms with Gasteiger partial charge >= 0.3 is 0 Å². The number of nitrogens with zero attached hydrogens (tertiary/aromatic N) is 1. The van der Waals surface area contributed by atoms with Gasteiger partial charge < -0.3 is 15.6 Å². The van der Waals surface area contributed by atoms with E-state index >= 15 is 4.39 Å². The number of aromatic nitrogens is 1. The number of nitrogens with one attached hydrogen (secondary N) is 2. The number of hydrogen-bond acceptors (Lipinski definition) is 5. The van der Waals surface area contributed by atoms with E-state index in [9.17, 15) is 22.5 Å². The topological polar surface area (TPSA) is 103 Å². The average Bonchev–Trinajstić information content (AvgIpc) is 3.62. The number of carbonyl (C=O) groups is 1. The van der Waals surface area contributed by atoms with Gasteiger partial charge in [0, 0.05) is 12.6 Å². The number of carbonyl (C=O) groups excluding carboxylic acids is 1. The number of hydrogen-bond donors (Lipinski definition) is 3. The van der Waals surface area contributed by atoms with Crippen LogP contribution in [0.4, 0.5) is 34.8 Å². The maximum absolute atomic E-state index is 15.0. The first-order chi connectivity index (χ1) is 16.2. The van der Waals surface area contributed by atoms with Crippen LogP contribution in [0.5, 0.6) is 0 Å². The fourth-order valence-corrected chi connectivity index (χ4v) is 4.01. The van der Waals surface area contributed by atoms with Crippen LogP contribution in [0.25, 0.3) is 0 Å². The van der Waals surface area contributed by atoms with E-state index in [4.69, 9.17) is 5.73 Å². The van der Waals surface area contributed by atoms with E-state index in [1.54, 1.807) is 6.07 Å². The minimum Gasteiger partial charge on any atom is -0.593 e. The van der Waals surface area contributed by atoms with E-state index in [1.807, 2.05) is 0 Å². The summed E-state index contributed by atoms with van der Waals surface area (Å²) in [6, 6.07) is 6.61. The van der Waals surface area contributed by atoms with Gasteiger partial charge in [-0.3, -0.25) is 4.79 Å². The van der Waals surface area contributed by atoms with Crippen molar-refractivity contribution in [2.24, 2.45) is 5.73 Å². The first-order valence-electron chi connectivity index (χ1n) is 10.3. The van der Waals surface area contributed by atoms with Crippen molar-refractivity contribution in [1.82, 2.24) is 4.98 Å². The molecule has 1 heterocycles. The second-order valence-corrected chi connectivity index (χ2v) is 9.07. The summed E-state index contributed by atoms with van der Waals surface area (Å²) in [5.41, 5.74) is 4.55. The molecule has 1 saturated carbocycles. The number of amides is 1. The predicted molar refractivity (Wildman–Crippen MR) is 121 cm³/mol. The van der Waals surface area contributed by atoms with Crippen LogP contribution in [-0.4, -0.2) is 21.7 Å². The molecule has 1 amide bonds. The van der Waals surface area contributed by atoms with Crippen LogP contribution < -0.4 is 15.8 Å². The van der Waals surface area contributed by atoms with Crippen LogP contribution in [-0.2, 0) is 17.8 Å². The number of primary amides is 1. The van der Waals surface area contributed by atoms with E-state index in [-0.39, 0.29) is 22.6 Å². The van der Waals surface area contributed by atoms with Gasteiger partial charge in [-0.1, -0.05) is 6.07 Å². The van der Waals surface area contributed by atoms with Gasteiger partial charge in [-0.2, -0.15) is 4.72 Å². The van der Waals surface area contributed by atoms with Crippen molar-refractivity contribution >= 4 is 34.5 Å².